The Morgan fingerprint density at radius 3 is 2.83 bits per heavy atom. The number of nitrogens with zero attached hydrogens (tertiary/aromatic N) is 1. The summed E-state index contributed by atoms with van der Waals surface area (Å²) in [6, 6.07) is 0. The summed E-state index contributed by atoms with van der Waals surface area (Å²) in [5.41, 5.74) is 6.37. The Morgan fingerprint density at radius 2 is 2.42 bits per heavy atom. The summed E-state index contributed by atoms with van der Waals surface area (Å²) in [4.78, 5) is 4.35. The third-order valence-corrected chi connectivity index (χ3v) is 1.70. The smallest absolute Gasteiger partial charge is 0.211 e. The predicted octanol–water partition coefficient (Wildman–Crippen LogP) is 1.45. The minimum Gasteiger partial charge on any atom is -0.475 e. The molecule has 68 valence electrons. The first-order valence-electron chi connectivity index (χ1n) is 4.22. The normalized spacial score (nSPS) is 21.9. The second kappa shape index (κ2) is 3.17. The summed E-state index contributed by atoms with van der Waals surface area (Å²) in [5, 5.41) is 0. The molecule has 1 aliphatic heterocycles. The maximum absolute atomic E-state index is 5.64. The second-order valence-electron chi connectivity index (χ2n) is 3.62. The number of aliphatic imine (C=N–C) groups is 1. The third-order valence-electron chi connectivity index (χ3n) is 1.70. The monoisotopic (exact) mass is 168 g/mol. The molecule has 0 saturated heterocycles. The third kappa shape index (κ3) is 2.26. The van der Waals surface area contributed by atoms with Crippen LogP contribution in [-0.2, 0) is 4.74 Å². The van der Waals surface area contributed by atoms with Crippen molar-refractivity contribution in [3.8, 4) is 0 Å². The molecule has 1 heterocycles. The zero-order valence-electron chi connectivity index (χ0n) is 7.92. The fourth-order valence-electron chi connectivity index (χ4n) is 0.948. The van der Waals surface area contributed by atoms with E-state index in [-0.39, 0.29) is 5.54 Å². The zero-order chi connectivity index (χ0) is 9.19. The van der Waals surface area contributed by atoms with Crippen LogP contribution in [0.15, 0.2) is 16.8 Å². The first kappa shape index (κ1) is 9.10. The first-order valence-corrected chi connectivity index (χ1v) is 4.22. The Labute approximate surface area is 73.3 Å². The second-order valence-corrected chi connectivity index (χ2v) is 3.62. The van der Waals surface area contributed by atoms with Gasteiger partial charge in [-0.1, -0.05) is 6.92 Å². The van der Waals surface area contributed by atoms with Crippen molar-refractivity contribution in [1.29, 1.82) is 0 Å². The minimum absolute atomic E-state index is 0.0835. The van der Waals surface area contributed by atoms with Gasteiger partial charge in [-0.15, -0.1) is 0 Å². The molecular formula is C9H16N2O. The van der Waals surface area contributed by atoms with Gasteiger partial charge >= 0.3 is 0 Å². The topological polar surface area (TPSA) is 47.6 Å². The largest absolute Gasteiger partial charge is 0.475 e. The van der Waals surface area contributed by atoms with Gasteiger partial charge in [0, 0.05) is 11.8 Å². The van der Waals surface area contributed by atoms with Gasteiger partial charge in [-0.25, -0.2) is 4.99 Å². The van der Waals surface area contributed by atoms with Crippen LogP contribution in [0.5, 0.6) is 0 Å². The van der Waals surface area contributed by atoms with E-state index in [1.54, 1.807) is 6.08 Å². The van der Waals surface area contributed by atoms with Crippen LogP contribution in [0.25, 0.3) is 0 Å². The van der Waals surface area contributed by atoms with Crippen LogP contribution in [0.3, 0.4) is 0 Å². The summed E-state index contributed by atoms with van der Waals surface area (Å²) in [5.74, 6) is 0.666. The minimum atomic E-state index is -0.0835. The van der Waals surface area contributed by atoms with Gasteiger partial charge in [-0.3, -0.25) is 0 Å². The van der Waals surface area contributed by atoms with Gasteiger partial charge in [0.15, 0.2) is 0 Å². The molecule has 0 radical (unpaired) electrons. The number of hydrogen-bond acceptors (Lipinski definition) is 3. The van der Waals surface area contributed by atoms with Crippen LogP contribution in [0, 0.1) is 0 Å². The summed E-state index contributed by atoms with van der Waals surface area (Å²) in [6.07, 6.45) is 2.64. The van der Waals surface area contributed by atoms with Gasteiger partial charge in [0.1, 0.15) is 6.61 Å². The maximum atomic E-state index is 5.64. The van der Waals surface area contributed by atoms with Crippen molar-refractivity contribution in [2.75, 3.05) is 6.61 Å². The molecule has 0 saturated carbocycles. The van der Waals surface area contributed by atoms with E-state index in [9.17, 15) is 0 Å². The fraction of sp³-hybridized carbons (Fsp3) is 0.667. The van der Waals surface area contributed by atoms with E-state index in [0.29, 0.717) is 12.5 Å². The molecule has 0 aromatic rings. The van der Waals surface area contributed by atoms with E-state index in [0.717, 1.165) is 12.1 Å². The molecule has 0 atom stereocenters. The molecule has 0 aliphatic carbocycles. The first-order chi connectivity index (χ1) is 5.53. The van der Waals surface area contributed by atoms with Gasteiger partial charge < -0.3 is 10.5 Å². The van der Waals surface area contributed by atoms with Gasteiger partial charge in [-0.2, -0.15) is 0 Å². The van der Waals surface area contributed by atoms with Crippen molar-refractivity contribution in [3.05, 3.63) is 11.8 Å². The highest BCUT2D eigenvalue weighted by molar-refractivity contribution is 5.89. The molecule has 0 spiro atoms. The quantitative estimate of drug-likeness (QED) is 0.678. The van der Waals surface area contributed by atoms with Gasteiger partial charge in [0.2, 0.25) is 5.90 Å². The number of rotatable bonds is 2. The van der Waals surface area contributed by atoms with Crippen molar-refractivity contribution in [2.24, 2.45) is 10.7 Å². The standard InChI is InChI=1S/C9H16N2O/c1-4-7(10)5-8-11-9(2,3)6-12-8/h5H,4,6,10H2,1-3H3/b7-5+. The zero-order valence-corrected chi connectivity index (χ0v) is 7.92. The van der Waals surface area contributed by atoms with Crippen molar-refractivity contribution in [1.82, 2.24) is 0 Å². The van der Waals surface area contributed by atoms with Gasteiger partial charge in [-0.05, 0) is 20.3 Å². The van der Waals surface area contributed by atoms with E-state index < -0.39 is 0 Å². The Kier molecular flexibility index (Phi) is 2.40. The maximum Gasteiger partial charge on any atom is 0.211 e. The van der Waals surface area contributed by atoms with Crippen molar-refractivity contribution in [2.45, 2.75) is 32.7 Å². The molecule has 0 fully saturated rings. The Morgan fingerprint density at radius 1 is 1.75 bits per heavy atom. The number of allylic oxidation sites excluding steroid dienone is 1. The summed E-state index contributed by atoms with van der Waals surface area (Å²) in [6.45, 7) is 6.73. The van der Waals surface area contributed by atoms with E-state index in [1.165, 1.54) is 0 Å². The molecule has 0 bridgehead atoms. The van der Waals surface area contributed by atoms with Crippen molar-refractivity contribution in [3.63, 3.8) is 0 Å². The van der Waals surface area contributed by atoms with E-state index in [4.69, 9.17) is 10.5 Å². The predicted molar refractivity (Wildman–Crippen MR) is 50.0 cm³/mol. The summed E-state index contributed by atoms with van der Waals surface area (Å²) in [7, 11) is 0. The lowest BCUT2D eigenvalue weighted by atomic mass is 10.1. The van der Waals surface area contributed by atoms with Crippen molar-refractivity contribution < 1.29 is 4.74 Å². The van der Waals surface area contributed by atoms with E-state index in [1.807, 2.05) is 20.8 Å². The number of hydrogen-bond donors (Lipinski definition) is 1. The highest BCUT2D eigenvalue weighted by Crippen LogP contribution is 2.17. The molecular weight excluding hydrogens is 152 g/mol. The highest BCUT2D eigenvalue weighted by Gasteiger charge is 2.24. The number of ether oxygens (including phenoxy) is 1. The molecule has 0 unspecified atom stereocenters. The Hall–Kier alpha value is -0.990. The van der Waals surface area contributed by atoms with Gasteiger partial charge in [0.05, 0.1) is 5.54 Å². The van der Waals surface area contributed by atoms with E-state index >= 15 is 0 Å². The summed E-state index contributed by atoms with van der Waals surface area (Å²) < 4.78 is 5.33. The molecule has 3 nitrogen and oxygen atoms in total. The number of nitrogens with two attached hydrogens (primary N) is 1. The molecule has 12 heavy (non-hydrogen) atoms. The van der Waals surface area contributed by atoms with Crippen molar-refractivity contribution >= 4 is 5.90 Å². The highest BCUT2D eigenvalue weighted by atomic mass is 16.5. The van der Waals surface area contributed by atoms with Crippen LogP contribution >= 0.6 is 0 Å². The van der Waals surface area contributed by atoms with Crippen LogP contribution in [0.4, 0.5) is 0 Å². The lowest BCUT2D eigenvalue weighted by molar-refractivity contribution is 0.280. The molecule has 0 aromatic carbocycles. The van der Waals surface area contributed by atoms with Crippen LogP contribution in [-0.4, -0.2) is 18.0 Å². The van der Waals surface area contributed by atoms with E-state index in [2.05, 4.69) is 4.99 Å². The Bertz CT molecular complexity index is 229. The molecule has 1 aliphatic rings. The average molecular weight is 168 g/mol. The molecule has 1 rings (SSSR count). The SMILES string of the molecule is CC/C(N)=C\C1=NC(C)(C)CO1. The lowest BCUT2D eigenvalue weighted by Gasteiger charge is -2.07. The molecule has 2 N–H and O–H groups in total. The molecule has 0 amide bonds. The lowest BCUT2D eigenvalue weighted by Crippen LogP contribution is -2.17. The van der Waals surface area contributed by atoms with Crippen LogP contribution in [0.2, 0.25) is 0 Å². The molecule has 0 aromatic heterocycles. The Balaban J connectivity index is 2.68. The van der Waals surface area contributed by atoms with Crippen LogP contribution < -0.4 is 5.73 Å². The fourth-order valence-corrected chi connectivity index (χ4v) is 0.948. The summed E-state index contributed by atoms with van der Waals surface area (Å²) >= 11 is 0. The molecule has 3 heteroatoms. The van der Waals surface area contributed by atoms with Crippen LogP contribution in [0.1, 0.15) is 27.2 Å². The average Bonchev–Trinajstić information content (AvgIpc) is 2.30. The van der Waals surface area contributed by atoms with Gasteiger partial charge in [0.25, 0.3) is 0 Å².